The number of aromatic nitrogens is 2. The highest BCUT2D eigenvalue weighted by atomic mass is 32.1. The Balaban J connectivity index is 1.58. The summed E-state index contributed by atoms with van der Waals surface area (Å²) in [7, 11) is 1.60. The molecular weight excluding hydrogens is 398 g/mol. The molecule has 0 fully saturated rings. The van der Waals surface area contributed by atoms with E-state index in [2.05, 4.69) is 17.0 Å². The van der Waals surface area contributed by atoms with Crippen LogP contribution in [0.5, 0.6) is 11.5 Å². The third-order valence-electron chi connectivity index (χ3n) is 4.59. The van der Waals surface area contributed by atoms with Crippen molar-refractivity contribution >= 4 is 27.8 Å². The van der Waals surface area contributed by atoms with Crippen LogP contribution < -0.4 is 15.0 Å². The molecule has 0 spiro atoms. The lowest BCUT2D eigenvalue weighted by Gasteiger charge is -2.11. The van der Waals surface area contributed by atoms with Gasteiger partial charge in [0.2, 0.25) is 0 Å². The van der Waals surface area contributed by atoms with E-state index in [1.54, 1.807) is 13.3 Å². The van der Waals surface area contributed by atoms with Gasteiger partial charge in [-0.2, -0.15) is 9.78 Å². The van der Waals surface area contributed by atoms with E-state index in [1.807, 2.05) is 54.6 Å². The lowest BCUT2D eigenvalue weighted by molar-refractivity contribution is 0.284. The van der Waals surface area contributed by atoms with E-state index in [-0.39, 0.29) is 5.56 Å². The Hall–Kier alpha value is -3.45. The van der Waals surface area contributed by atoms with Gasteiger partial charge in [0.05, 0.1) is 18.7 Å². The normalized spacial score (nSPS) is 11.3. The minimum absolute atomic E-state index is 0.179. The van der Waals surface area contributed by atoms with Crippen molar-refractivity contribution in [3.05, 3.63) is 87.3 Å². The fourth-order valence-electron chi connectivity index (χ4n) is 2.97. The van der Waals surface area contributed by atoms with Crippen LogP contribution in [0.2, 0.25) is 0 Å². The molecule has 4 aromatic rings. The van der Waals surface area contributed by atoms with E-state index >= 15 is 0 Å². The van der Waals surface area contributed by atoms with Crippen molar-refractivity contribution < 1.29 is 9.47 Å². The molecule has 152 valence electrons. The summed E-state index contributed by atoms with van der Waals surface area (Å²) < 4.78 is 12.6. The minimum atomic E-state index is -0.179. The van der Waals surface area contributed by atoms with Gasteiger partial charge in [0.15, 0.2) is 11.5 Å². The molecule has 0 aliphatic carbocycles. The molecule has 0 aliphatic rings. The zero-order chi connectivity index (χ0) is 20.9. The average molecular weight is 420 g/mol. The number of rotatable bonds is 7. The predicted molar refractivity (Wildman–Crippen MR) is 120 cm³/mol. The van der Waals surface area contributed by atoms with E-state index in [4.69, 9.17) is 9.47 Å². The summed E-state index contributed by atoms with van der Waals surface area (Å²) >= 11 is 1.54. The second-order valence-corrected chi connectivity index (χ2v) is 7.72. The Morgan fingerprint density at radius 1 is 1.13 bits per heavy atom. The maximum absolute atomic E-state index is 12.7. The first kappa shape index (κ1) is 19.8. The van der Waals surface area contributed by atoms with Gasteiger partial charge in [-0.3, -0.25) is 4.79 Å². The Kier molecular flexibility index (Phi) is 5.90. The Morgan fingerprint density at radius 2 is 1.97 bits per heavy atom. The van der Waals surface area contributed by atoms with E-state index in [0.717, 1.165) is 27.3 Å². The van der Waals surface area contributed by atoms with Crippen LogP contribution in [-0.2, 0) is 13.0 Å². The van der Waals surface area contributed by atoms with Crippen LogP contribution in [0.15, 0.2) is 70.8 Å². The zero-order valence-corrected chi connectivity index (χ0v) is 17.6. The first-order valence-corrected chi connectivity index (χ1v) is 10.4. The molecule has 0 atom stereocenters. The number of benzene rings is 2. The number of thiophene rings is 1. The van der Waals surface area contributed by atoms with Crippen molar-refractivity contribution in [2.75, 3.05) is 7.11 Å². The molecule has 4 rings (SSSR count). The topological polar surface area (TPSA) is 65.7 Å². The van der Waals surface area contributed by atoms with Crippen LogP contribution in [0, 0.1) is 0 Å². The number of fused-ring (bicyclic) bond motifs is 1. The third-order valence-corrected chi connectivity index (χ3v) is 5.78. The van der Waals surface area contributed by atoms with Crippen LogP contribution in [0.4, 0.5) is 0 Å². The molecule has 0 saturated carbocycles. The van der Waals surface area contributed by atoms with Crippen molar-refractivity contribution in [3.63, 3.8) is 0 Å². The van der Waals surface area contributed by atoms with Crippen molar-refractivity contribution in [1.82, 2.24) is 9.66 Å². The van der Waals surface area contributed by atoms with Crippen molar-refractivity contribution in [2.45, 2.75) is 20.0 Å². The number of hydrogen-bond acceptors (Lipinski definition) is 6. The van der Waals surface area contributed by atoms with Gasteiger partial charge in [-0.25, -0.2) is 4.98 Å². The van der Waals surface area contributed by atoms with Crippen molar-refractivity contribution in [1.29, 1.82) is 0 Å². The summed E-state index contributed by atoms with van der Waals surface area (Å²) in [4.78, 5) is 18.9. The molecule has 0 saturated heterocycles. The molecular formula is C23H21N3O3S. The van der Waals surface area contributed by atoms with E-state index in [1.165, 1.54) is 22.3 Å². The molecule has 2 aromatic heterocycles. The van der Waals surface area contributed by atoms with Crippen molar-refractivity contribution in [3.8, 4) is 11.5 Å². The monoisotopic (exact) mass is 419 g/mol. The van der Waals surface area contributed by atoms with E-state index in [0.29, 0.717) is 23.5 Å². The molecule has 0 N–H and O–H groups in total. The van der Waals surface area contributed by atoms with Crippen LogP contribution in [0.1, 0.15) is 22.9 Å². The van der Waals surface area contributed by atoms with Gasteiger partial charge < -0.3 is 9.47 Å². The molecule has 6 nitrogen and oxygen atoms in total. The molecule has 7 heteroatoms. The smallest absolute Gasteiger partial charge is 0.282 e. The van der Waals surface area contributed by atoms with Crippen LogP contribution >= 0.6 is 11.3 Å². The molecule has 2 heterocycles. The van der Waals surface area contributed by atoms with E-state index in [9.17, 15) is 4.79 Å². The second-order valence-electron chi connectivity index (χ2n) is 6.61. The molecule has 0 amide bonds. The van der Waals surface area contributed by atoms with Gasteiger partial charge in [-0.05, 0) is 41.8 Å². The van der Waals surface area contributed by atoms with Gasteiger partial charge >= 0.3 is 0 Å². The van der Waals surface area contributed by atoms with Crippen molar-refractivity contribution in [2.24, 2.45) is 5.10 Å². The highest BCUT2D eigenvalue weighted by Crippen LogP contribution is 2.28. The standard InChI is InChI=1S/C23H21N3O3S/c1-3-18-12-19-22(30-18)24-15-26(23(19)27)25-13-17-9-10-20(28-2)21(11-17)29-14-16-7-5-4-6-8-16/h4-13,15H,3,14H2,1-2H3/b25-13-. The second kappa shape index (κ2) is 8.92. The maximum Gasteiger partial charge on any atom is 0.282 e. The Bertz CT molecular complexity index is 1250. The van der Waals surface area contributed by atoms with Gasteiger partial charge in [-0.15, -0.1) is 11.3 Å². The summed E-state index contributed by atoms with van der Waals surface area (Å²) in [6, 6.07) is 17.3. The summed E-state index contributed by atoms with van der Waals surface area (Å²) in [5, 5.41) is 4.90. The Morgan fingerprint density at radius 3 is 2.73 bits per heavy atom. The van der Waals surface area contributed by atoms with Crippen LogP contribution in [0.25, 0.3) is 10.2 Å². The SMILES string of the molecule is CCc1cc2c(=O)n(/N=C\c3ccc(OC)c(OCc4ccccc4)c3)cnc2s1. The number of methoxy groups -OCH3 is 1. The van der Waals surface area contributed by atoms with Crippen LogP contribution in [-0.4, -0.2) is 23.0 Å². The third kappa shape index (κ3) is 4.26. The quantitative estimate of drug-likeness (QED) is 0.414. The predicted octanol–water partition coefficient (Wildman–Crippen LogP) is 4.49. The lowest BCUT2D eigenvalue weighted by atomic mass is 10.2. The number of ether oxygens (including phenoxy) is 2. The summed E-state index contributed by atoms with van der Waals surface area (Å²) in [5.74, 6) is 1.24. The molecule has 0 radical (unpaired) electrons. The molecule has 0 unspecified atom stereocenters. The largest absolute Gasteiger partial charge is 0.493 e. The highest BCUT2D eigenvalue weighted by Gasteiger charge is 2.08. The molecule has 0 aliphatic heterocycles. The zero-order valence-electron chi connectivity index (χ0n) is 16.7. The first-order chi connectivity index (χ1) is 14.7. The van der Waals surface area contributed by atoms with Crippen LogP contribution in [0.3, 0.4) is 0 Å². The molecule has 0 bridgehead atoms. The molecule has 2 aromatic carbocycles. The molecule has 30 heavy (non-hydrogen) atoms. The summed E-state index contributed by atoms with van der Waals surface area (Å²) in [5.41, 5.74) is 1.67. The fourth-order valence-corrected chi connectivity index (χ4v) is 3.90. The maximum atomic E-state index is 12.7. The van der Waals surface area contributed by atoms with Gasteiger partial charge in [0.25, 0.3) is 5.56 Å². The van der Waals surface area contributed by atoms with Gasteiger partial charge in [0, 0.05) is 4.88 Å². The summed E-state index contributed by atoms with van der Waals surface area (Å²) in [6.07, 6.45) is 3.94. The number of aryl methyl sites for hydroxylation is 1. The minimum Gasteiger partial charge on any atom is -0.493 e. The average Bonchev–Trinajstić information content (AvgIpc) is 3.22. The van der Waals surface area contributed by atoms with Gasteiger partial charge in [-0.1, -0.05) is 37.3 Å². The van der Waals surface area contributed by atoms with Gasteiger partial charge in [0.1, 0.15) is 17.8 Å². The number of nitrogens with zero attached hydrogens (tertiary/aromatic N) is 3. The lowest BCUT2D eigenvalue weighted by Crippen LogP contribution is -2.16. The summed E-state index contributed by atoms with van der Waals surface area (Å²) in [6.45, 7) is 2.48. The number of hydrogen-bond donors (Lipinski definition) is 0. The Labute approximate surface area is 178 Å². The first-order valence-electron chi connectivity index (χ1n) is 9.57. The highest BCUT2D eigenvalue weighted by molar-refractivity contribution is 7.18. The van der Waals surface area contributed by atoms with E-state index < -0.39 is 0 Å². The fraction of sp³-hybridized carbons (Fsp3) is 0.174.